The Balaban J connectivity index is 1.73. The van der Waals surface area contributed by atoms with E-state index < -0.39 is 11.7 Å². The van der Waals surface area contributed by atoms with Crippen LogP contribution in [0.15, 0.2) is 47.5 Å². The Morgan fingerprint density at radius 3 is 2.67 bits per heavy atom. The van der Waals surface area contributed by atoms with E-state index in [2.05, 4.69) is 20.4 Å². The Morgan fingerprint density at radius 1 is 1.23 bits per heavy atom. The summed E-state index contributed by atoms with van der Waals surface area (Å²) in [6.07, 6.45) is 1.44. The summed E-state index contributed by atoms with van der Waals surface area (Å²) in [5.74, 6) is -1.10. The largest absolute Gasteiger partial charge is 0.504 e. The maximum Gasteiger partial charge on any atom is 0.275 e. The summed E-state index contributed by atoms with van der Waals surface area (Å²) < 4.78 is 2.82. The van der Waals surface area contributed by atoms with Gasteiger partial charge in [0, 0.05) is 7.05 Å². The van der Waals surface area contributed by atoms with Crippen LogP contribution in [0.2, 0.25) is 10.2 Å². The fourth-order valence-corrected chi connectivity index (χ4v) is 3.36. The van der Waals surface area contributed by atoms with Crippen LogP contribution in [0.25, 0.3) is 11.0 Å². The number of carbonyl (C=O) groups excluding carboxylic acids is 1. The van der Waals surface area contributed by atoms with Crippen molar-refractivity contribution >= 4 is 46.0 Å². The second-order valence-corrected chi connectivity index (χ2v) is 7.18. The van der Waals surface area contributed by atoms with Crippen LogP contribution in [0.1, 0.15) is 16.1 Å². The number of nitrogens with zero attached hydrogens (tertiary/aromatic N) is 5. The van der Waals surface area contributed by atoms with E-state index in [1.807, 2.05) is 30.3 Å². The van der Waals surface area contributed by atoms with E-state index in [4.69, 9.17) is 23.2 Å². The number of anilines is 1. The van der Waals surface area contributed by atoms with E-state index in [1.165, 1.54) is 15.6 Å². The highest BCUT2D eigenvalue weighted by Gasteiger charge is 2.20. The van der Waals surface area contributed by atoms with Gasteiger partial charge in [0.15, 0.2) is 22.4 Å². The molecule has 1 aromatic carbocycles. The first kappa shape index (κ1) is 19.9. The number of nitrogens with one attached hydrogen (secondary N) is 1. The molecule has 3 heterocycles. The molecule has 0 unspecified atom stereocenters. The first-order valence-corrected chi connectivity index (χ1v) is 9.43. The zero-order chi connectivity index (χ0) is 21.4. The topological polar surface area (TPSA) is 115 Å². The number of amides is 1. The van der Waals surface area contributed by atoms with Crippen LogP contribution in [0.4, 0.5) is 5.82 Å². The Morgan fingerprint density at radius 2 is 1.97 bits per heavy atom. The second-order valence-electron chi connectivity index (χ2n) is 6.42. The van der Waals surface area contributed by atoms with Crippen LogP contribution in [-0.2, 0) is 13.6 Å². The number of aryl methyl sites for hydroxylation is 1. The molecule has 0 aliphatic heterocycles. The highest BCUT2D eigenvalue weighted by molar-refractivity contribution is 6.36. The first-order chi connectivity index (χ1) is 14.3. The Kier molecular flexibility index (Phi) is 5.15. The summed E-state index contributed by atoms with van der Waals surface area (Å²) in [6, 6.07) is 10.6. The summed E-state index contributed by atoms with van der Waals surface area (Å²) in [5, 5.41) is 16.1. The maximum atomic E-state index is 13.1. The molecule has 3 aromatic heterocycles. The molecule has 0 bridgehead atoms. The summed E-state index contributed by atoms with van der Waals surface area (Å²) in [5.41, 5.74) is 0.735. The number of halogens is 2. The molecule has 4 aromatic rings. The minimum Gasteiger partial charge on any atom is -0.504 e. The number of fused-ring (bicyclic) bond motifs is 1. The van der Waals surface area contributed by atoms with Gasteiger partial charge in [0.2, 0.25) is 0 Å². The zero-order valence-corrected chi connectivity index (χ0v) is 17.0. The lowest BCUT2D eigenvalue weighted by Gasteiger charge is -2.07. The maximum absolute atomic E-state index is 13.1. The van der Waals surface area contributed by atoms with Gasteiger partial charge in [-0.3, -0.25) is 14.2 Å². The summed E-state index contributed by atoms with van der Waals surface area (Å²) >= 11 is 11.6. The smallest absolute Gasteiger partial charge is 0.275 e. The quantitative estimate of drug-likeness (QED) is 0.467. The van der Waals surface area contributed by atoms with E-state index in [9.17, 15) is 14.7 Å². The van der Waals surface area contributed by atoms with E-state index >= 15 is 0 Å². The molecular weight excluding hydrogens is 431 g/mol. The lowest BCUT2D eigenvalue weighted by molar-refractivity contribution is 0.102. The fourth-order valence-electron chi connectivity index (χ4n) is 2.93. The van der Waals surface area contributed by atoms with Crippen LogP contribution in [0.3, 0.4) is 0 Å². The highest BCUT2D eigenvalue weighted by atomic mass is 35.5. The molecule has 0 aliphatic carbocycles. The molecule has 0 saturated carbocycles. The third-order valence-corrected chi connectivity index (χ3v) is 4.93. The Labute approximate surface area is 179 Å². The van der Waals surface area contributed by atoms with Crippen molar-refractivity contribution in [3.8, 4) is 5.75 Å². The van der Waals surface area contributed by atoms with Crippen LogP contribution < -0.4 is 10.9 Å². The van der Waals surface area contributed by atoms with Crippen molar-refractivity contribution in [2.75, 3.05) is 5.32 Å². The number of rotatable bonds is 4. The molecule has 4 rings (SSSR count). The molecule has 152 valence electrons. The molecule has 0 saturated heterocycles. The van der Waals surface area contributed by atoms with Crippen LogP contribution >= 0.6 is 23.2 Å². The molecule has 11 heteroatoms. The monoisotopic (exact) mass is 444 g/mol. The molecule has 2 N–H and O–H groups in total. The number of aromatic nitrogens is 5. The van der Waals surface area contributed by atoms with Gasteiger partial charge in [0.05, 0.1) is 11.6 Å². The number of carbonyl (C=O) groups is 1. The van der Waals surface area contributed by atoms with Crippen molar-refractivity contribution in [3.63, 3.8) is 0 Å². The predicted octanol–water partition coefficient (Wildman–Crippen LogP) is 2.84. The number of pyridine rings is 1. The zero-order valence-electron chi connectivity index (χ0n) is 15.5. The molecule has 0 atom stereocenters. The van der Waals surface area contributed by atoms with Gasteiger partial charge >= 0.3 is 0 Å². The van der Waals surface area contributed by atoms with Crippen molar-refractivity contribution < 1.29 is 9.90 Å². The molecular formula is C19H14Cl2N6O3. The number of aromatic hydroxyl groups is 1. The van der Waals surface area contributed by atoms with Gasteiger partial charge in [-0.05, 0) is 11.6 Å². The molecule has 9 nitrogen and oxygen atoms in total. The highest BCUT2D eigenvalue weighted by Crippen LogP contribution is 2.30. The fraction of sp³-hybridized carbons (Fsp3) is 0.105. The number of hydrogen-bond donors (Lipinski definition) is 2. The standard InChI is InChI=1S/C19H14Cl2N6O3/c1-26-17-13(19(30)27(9-22-17)8-10-5-3-2-4-6-10)16(25-26)24-18(29)12-7-11(20)14(28)15(21)23-12/h2-7,9,28H,8H2,1H3,(H,24,25,29). The van der Waals surface area contributed by atoms with E-state index in [0.29, 0.717) is 12.2 Å². The van der Waals surface area contributed by atoms with Crippen molar-refractivity contribution in [1.29, 1.82) is 0 Å². The summed E-state index contributed by atoms with van der Waals surface area (Å²) in [4.78, 5) is 33.8. The van der Waals surface area contributed by atoms with Gasteiger partial charge in [0.1, 0.15) is 17.4 Å². The summed E-state index contributed by atoms with van der Waals surface area (Å²) in [6.45, 7) is 0.315. The SMILES string of the molecule is Cn1nc(NC(=O)c2cc(Cl)c(O)c(Cl)n2)c2c(=O)n(Cc3ccccc3)cnc21. The lowest BCUT2D eigenvalue weighted by Crippen LogP contribution is -2.22. The molecule has 1 amide bonds. The van der Waals surface area contributed by atoms with E-state index in [0.717, 1.165) is 11.6 Å². The molecule has 0 fully saturated rings. The average molecular weight is 445 g/mol. The van der Waals surface area contributed by atoms with Crippen molar-refractivity contribution in [3.05, 3.63) is 74.5 Å². The van der Waals surface area contributed by atoms with Crippen LogP contribution in [-0.4, -0.2) is 35.3 Å². The van der Waals surface area contributed by atoms with E-state index in [-0.39, 0.29) is 32.6 Å². The van der Waals surface area contributed by atoms with Crippen LogP contribution in [0.5, 0.6) is 5.75 Å². The first-order valence-electron chi connectivity index (χ1n) is 8.67. The normalized spacial score (nSPS) is 11.0. The van der Waals surface area contributed by atoms with Gasteiger partial charge in [-0.1, -0.05) is 53.5 Å². The minimum absolute atomic E-state index is 0.0273. The molecule has 0 spiro atoms. The lowest BCUT2D eigenvalue weighted by atomic mass is 10.2. The van der Waals surface area contributed by atoms with Crippen molar-refractivity contribution in [2.24, 2.45) is 7.05 Å². The Hall–Kier alpha value is -3.43. The Bertz CT molecular complexity index is 1310. The van der Waals surface area contributed by atoms with Gasteiger partial charge in [0.25, 0.3) is 11.5 Å². The minimum atomic E-state index is -0.698. The molecule has 30 heavy (non-hydrogen) atoms. The van der Waals surface area contributed by atoms with Crippen molar-refractivity contribution in [1.82, 2.24) is 24.3 Å². The van der Waals surface area contributed by atoms with Crippen LogP contribution in [0, 0.1) is 0 Å². The third-order valence-electron chi connectivity index (χ3n) is 4.38. The third kappa shape index (κ3) is 3.60. The number of benzene rings is 1. The predicted molar refractivity (Wildman–Crippen MR) is 112 cm³/mol. The van der Waals surface area contributed by atoms with Crippen molar-refractivity contribution in [2.45, 2.75) is 6.54 Å². The molecule has 0 aliphatic rings. The van der Waals surface area contributed by atoms with E-state index in [1.54, 1.807) is 7.05 Å². The second kappa shape index (κ2) is 7.77. The van der Waals surface area contributed by atoms with Gasteiger partial charge in [-0.2, -0.15) is 5.10 Å². The number of hydrogen-bond acceptors (Lipinski definition) is 6. The van der Waals surface area contributed by atoms with Gasteiger partial charge < -0.3 is 10.4 Å². The van der Waals surface area contributed by atoms with Gasteiger partial charge in [-0.15, -0.1) is 0 Å². The van der Waals surface area contributed by atoms with Gasteiger partial charge in [-0.25, -0.2) is 14.6 Å². The summed E-state index contributed by atoms with van der Waals surface area (Å²) in [7, 11) is 1.61. The average Bonchev–Trinajstić information content (AvgIpc) is 3.04. The molecule has 0 radical (unpaired) electrons.